The van der Waals surface area contributed by atoms with E-state index in [1.54, 1.807) is 0 Å². The lowest BCUT2D eigenvalue weighted by molar-refractivity contribution is 1.08. The second-order valence-electron chi connectivity index (χ2n) is 2.00. The zero-order valence-electron chi connectivity index (χ0n) is 5.37. The molecule has 0 fully saturated rings. The summed E-state index contributed by atoms with van der Waals surface area (Å²) < 4.78 is 1.24. The molecule has 2 heterocycles. The zero-order valence-corrected chi connectivity index (χ0v) is 6.19. The molecule has 0 saturated carbocycles. The van der Waals surface area contributed by atoms with E-state index in [0.29, 0.717) is 0 Å². The van der Waals surface area contributed by atoms with Crippen LogP contribution in [-0.4, -0.2) is 10.2 Å². The van der Waals surface area contributed by atoms with Gasteiger partial charge in [0.15, 0.2) is 0 Å². The van der Waals surface area contributed by atoms with Crippen LogP contribution in [0.5, 0.6) is 0 Å². The van der Waals surface area contributed by atoms with Gasteiger partial charge in [0.2, 0.25) is 0 Å². The van der Waals surface area contributed by atoms with Gasteiger partial charge in [0.05, 0.1) is 4.64 Å². The molecule has 0 radical (unpaired) electrons. The predicted octanol–water partition coefficient (Wildman–Crippen LogP) is 2.18. The molecular weight excluding hydrogens is 144 g/mol. The molecular formula is C7H8N2S. The van der Waals surface area contributed by atoms with Gasteiger partial charge in [-0.05, 0) is 16.9 Å². The van der Waals surface area contributed by atoms with E-state index in [9.17, 15) is 0 Å². The van der Waals surface area contributed by atoms with Crippen LogP contribution >= 0.6 is 10.5 Å². The predicted molar refractivity (Wildman–Crippen MR) is 44.3 cm³/mol. The Balaban J connectivity index is 2.68. The average molecular weight is 152 g/mol. The molecule has 0 atom stereocenters. The maximum atomic E-state index is 3.06. The number of rotatable bonds is 0. The third-order valence-electron chi connectivity index (χ3n) is 1.33. The van der Waals surface area contributed by atoms with Crippen molar-refractivity contribution in [1.29, 1.82) is 0 Å². The normalized spacial score (nSPS) is 16.8. The Morgan fingerprint density at radius 3 is 2.60 bits per heavy atom. The quantitative estimate of drug-likeness (QED) is 0.534. The highest BCUT2D eigenvalue weighted by molar-refractivity contribution is 8.14. The monoisotopic (exact) mass is 152 g/mol. The Kier molecular flexibility index (Phi) is 1.36. The van der Waals surface area contributed by atoms with Gasteiger partial charge in [-0.25, -0.2) is 0 Å². The summed E-state index contributed by atoms with van der Waals surface area (Å²) in [5.74, 6) is 0. The summed E-state index contributed by atoms with van der Waals surface area (Å²) in [4.78, 5) is 0. The molecule has 1 aromatic rings. The van der Waals surface area contributed by atoms with Crippen molar-refractivity contribution in [2.24, 2.45) is 0 Å². The van der Waals surface area contributed by atoms with Gasteiger partial charge in [-0.15, -0.1) is 10.5 Å². The summed E-state index contributed by atoms with van der Waals surface area (Å²) in [6, 6.07) is 2.06. The maximum Gasteiger partial charge on any atom is 0.0869 e. The Hall–Kier alpha value is -0.960. The summed E-state index contributed by atoms with van der Waals surface area (Å²) in [5.41, 5.74) is 0. The molecule has 52 valence electrons. The van der Waals surface area contributed by atoms with Crippen LogP contribution in [0.1, 0.15) is 0 Å². The van der Waals surface area contributed by atoms with Crippen LogP contribution in [0.15, 0.2) is 35.2 Å². The molecule has 2 nitrogen and oxygen atoms in total. The van der Waals surface area contributed by atoms with Crippen molar-refractivity contribution in [2.75, 3.05) is 0 Å². The Morgan fingerprint density at radius 1 is 1.20 bits per heavy atom. The van der Waals surface area contributed by atoms with Gasteiger partial charge < -0.3 is 5.10 Å². The SMILES string of the molecule is C1=CS(=c2cc[nH][nH]2)C=C1. The summed E-state index contributed by atoms with van der Waals surface area (Å²) in [6.07, 6.45) is 6.05. The van der Waals surface area contributed by atoms with Crippen LogP contribution in [0.4, 0.5) is 0 Å². The molecule has 0 amide bonds. The highest BCUT2D eigenvalue weighted by Crippen LogP contribution is 2.24. The van der Waals surface area contributed by atoms with Gasteiger partial charge in [0, 0.05) is 6.20 Å². The maximum absolute atomic E-state index is 3.06. The second-order valence-corrected chi connectivity index (χ2v) is 3.72. The summed E-state index contributed by atoms with van der Waals surface area (Å²) in [7, 11) is 0.193. The minimum absolute atomic E-state index is 0.193. The summed E-state index contributed by atoms with van der Waals surface area (Å²) >= 11 is 0. The Labute approximate surface area is 61.2 Å². The fourth-order valence-corrected chi connectivity index (χ4v) is 2.17. The van der Waals surface area contributed by atoms with Crippen molar-refractivity contribution in [1.82, 2.24) is 10.2 Å². The summed E-state index contributed by atoms with van der Waals surface area (Å²) in [5, 5.41) is 10.3. The fraction of sp³-hybridized carbons (Fsp3) is 0. The van der Waals surface area contributed by atoms with E-state index in [0.717, 1.165) is 0 Å². The standard InChI is InChI=1S/C7H8N2S/c1-2-6-10(5-1)7-3-4-8-9-7/h1-6,8-9H. The Bertz CT molecular complexity index is 310. The van der Waals surface area contributed by atoms with Gasteiger partial charge in [-0.3, -0.25) is 5.10 Å². The highest BCUT2D eigenvalue weighted by atomic mass is 32.2. The summed E-state index contributed by atoms with van der Waals surface area (Å²) in [6.45, 7) is 0. The van der Waals surface area contributed by atoms with Crippen LogP contribution in [0, 0.1) is 4.64 Å². The van der Waals surface area contributed by atoms with Crippen LogP contribution < -0.4 is 0 Å². The lowest BCUT2D eigenvalue weighted by Gasteiger charge is -1.85. The third kappa shape index (κ3) is 0.885. The highest BCUT2D eigenvalue weighted by Gasteiger charge is 1.89. The van der Waals surface area contributed by atoms with E-state index < -0.39 is 0 Å². The number of nitrogens with one attached hydrogen (secondary N) is 2. The van der Waals surface area contributed by atoms with Gasteiger partial charge in [-0.1, -0.05) is 12.2 Å². The van der Waals surface area contributed by atoms with E-state index in [-0.39, 0.29) is 10.5 Å². The minimum atomic E-state index is 0.193. The van der Waals surface area contributed by atoms with Crippen molar-refractivity contribution in [3.05, 3.63) is 39.9 Å². The van der Waals surface area contributed by atoms with Gasteiger partial charge in [0.25, 0.3) is 0 Å². The topological polar surface area (TPSA) is 31.6 Å². The minimum Gasteiger partial charge on any atom is -0.308 e. The number of H-pyrrole nitrogens is 2. The molecule has 0 unspecified atom stereocenters. The number of hydrogen-bond acceptors (Lipinski definition) is 0. The Morgan fingerprint density at radius 2 is 2.00 bits per heavy atom. The van der Waals surface area contributed by atoms with Crippen LogP contribution in [0.25, 0.3) is 0 Å². The van der Waals surface area contributed by atoms with E-state index in [4.69, 9.17) is 0 Å². The van der Waals surface area contributed by atoms with Gasteiger partial charge in [0.1, 0.15) is 0 Å². The van der Waals surface area contributed by atoms with Crippen LogP contribution in [0.2, 0.25) is 0 Å². The number of allylic oxidation sites excluding steroid dienone is 2. The van der Waals surface area contributed by atoms with Crippen molar-refractivity contribution < 1.29 is 0 Å². The molecule has 2 N–H and O–H groups in total. The van der Waals surface area contributed by atoms with Gasteiger partial charge in [-0.2, -0.15) is 0 Å². The largest absolute Gasteiger partial charge is 0.308 e. The molecule has 0 spiro atoms. The average Bonchev–Trinajstić information content (AvgIpc) is 2.59. The van der Waals surface area contributed by atoms with E-state index in [2.05, 4.69) is 39.2 Å². The van der Waals surface area contributed by atoms with Gasteiger partial charge >= 0.3 is 0 Å². The van der Waals surface area contributed by atoms with Crippen molar-refractivity contribution in [3.63, 3.8) is 0 Å². The molecule has 0 aliphatic carbocycles. The van der Waals surface area contributed by atoms with Crippen molar-refractivity contribution >= 4 is 10.5 Å². The molecule has 1 aliphatic heterocycles. The first-order chi connectivity index (χ1) is 4.97. The molecule has 0 aromatic carbocycles. The van der Waals surface area contributed by atoms with Crippen LogP contribution in [0.3, 0.4) is 0 Å². The number of aromatic amines is 2. The third-order valence-corrected chi connectivity index (χ3v) is 2.98. The molecule has 1 aliphatic rings. The van der Waals surface area contributed by atoms with Crippen molar-refractivity contribution in [2.45, 2.75) is 0 Å². The molecule has 10 heavy (non-hydrogen) atoms. The second kappa shape index (κ2) is 2.34. The first kappa shape index (κ1) is 5.80. The molecule has 1 aromatic heterocycles. The zero-order chi connectivity index (χ0) is 6.81. The fourth-order valence-electron chi connectivity index (χ4n) is 0.861. The molecule has 0 bridgehead atoms. The van der Waals surface area contributed by atoms with Crippen molar-refractivity contribution in [3.8, 4) is 0 Å². The number of hydrogen-bond donors (Lipinski definition) is 2. The van der Waals surface area contributed by atoms with Crippen LogP contribution in [-0.2, 0) is 0 Å². The number of aromatic nitrogens is 2. The molecule has 3 heteroatoms. The smallest absolute Gasteiger partial charge is 0.0869 e. The van der Waals surface area contributed by atoms with E-state index >= 15 is 0 Å². The molecule has 2 rings (SSSR count). The lowest BCUT2D eigenvalue weighted by Crippen LogP contribution is -1.63. The lowest BCUT2D eigenvalue weighted by atomic mass is 10.6. The molecule has 0 saturated heterocycles. The van der Waals surface area contributed by atoms with E-state index in [1.165, 1.54) is 4.64 Å². The first-order valence-corrected chi connectivity index (χ1v) is 4.44. The van der Waals surface area contributed by atoms with E-state index in [1.807, 2.05) is 6.20 Å². The first-order valence-electron chi connectivity index (χ1n) is 3.09.